The van der Waals surface area contributed by atoms with Crippen LogP contribution in [0.3, 0.4) is 0 Å². The molecule has 5 nitrogen and oxygen atoms in total. The fourth-order valence-electron chi connectivity index (χ4n) is 2.68. The molecule has 0 radical (unpaired) electrons. The van der Waals surface area contributed by atoms with Gasteiger partial charge in [0.2, 0.25) is 11.8 Å². The van der Waals surface area contributed by atoms with Crippen LogP contribution >= 0.6 is 22.9 Å². The lowest BCUT2D eigenvalue weighted by molar-refractivity contribution is -0.129. The van der Waals surface area contributed by atoms with Gasteiger partial charge in [0.15, 0.2) is 5.70 Å². The molecule has 0 saturated carbocycles. The molecule has 0 fully saturated rings. The first kappa shape index (κ1) is 17.5. The molecule has 1 aliphatic rings. The van der Waals surface area contributed by atoms with Crippen molar-refractivity contribution in [2.45, 2.75) is 6.92 Å². The number of anilines is 1. The van der Waals surface area contributed by atoms with E-state index in [0.717, 1.165) is 15.6 Å². The van der Waals surface area contributed by atoms with E-state index in [0.29, 0.717) is 15.6 Å². The number of nitrogens with one attached hydrogen (secondary N) is 1. The van der Waals surface area contributed by atoms with E-state index >= 15 is 0 Å². The molecule has 27 heavy (non-hydrogen) atoms. The average Bonchev–Trinajstić information content (AvgIpc) is 3.17. The number of amides is 1. The van der Waals surface area contributed by atoms with E-state index in [-0.39, 0.29) is 17.5 Å². The van der Waals surface area contributed by atoms with Crippen molar-refractivity contribution in [3.05, 3.63) is 69.7 Å². The van der Waals surface area contributed by atoms with Crippen molar-refractivity contribution >= 4 is 62.6 Å². The quantitative estimate of drug-likeness (QED) is 0.508. The molecule has 1 aliphatic heterocycles. The van der Waals surface area contributed by atoms with Crippen LogP contribution in [-0.4, -0.2) is 17.8 Å². The third kappa shape index (κ3) is 3.49. The number of carbonyl (C=O) groups is 2. The van der Waals surface area contributed by atoms with E-state index in [9.17, 15) is 9.59 Å². The third-order valence-electron chi connectivity index (χ3n) is 3.88. The highest BCUT2D eigenvalue weighted by Gasteiger charge is 2.27. The average molecular weight is 397 g/mol. The Kier molecular flexibility index (Phi) is 4.51. The molecule has 0 spiro atoms. The van der Waals surface area contributed by atoms with E-state index in [2.05, 4.69) is 10.3 Å². The van der Waals surface area contributed by atoms with Gasteiger partial charge in [-0.05, 0) is 29.8 Å². The van der Waals surface area contributed by atoms with Crippen LogP contribution in [0.4, 0.5) is 5.69 Å². The summed E-state index contributed by atoms with van der Waals surface area (Å²) in [6.45, 7) is 1.44. The summed E-state index contributed by atoms with van der Waals surface area (Å²) in [7, 11) is 0. The molecule has 2 heterocycles. The van der Waals surface area contributed by atoms with Gasteiger partial charge in [0.05, 0.1) is 5.02 Å². The summed E-state index contributed by atoms with van der Waals surface area (Å²) in [6.07, 6.45) is 1.63. The van der Waals surface area contributed by atoms with Gasteiger partial charge >= 0.3 is 5.97 Å². The number of thiophene rings is 1. The summed E-state index contributed by atoms with van der Waals surface area (Å²) in [6, 6.07) is 14.8. The Balaban J connectivity index is 1.65. The van der Waals surface area contributed by atoms with Crippen molar-refractivity contribution < 1.29 is 14.3 Å². The maximum absolute atomic E-state index is 12.2. The van der Waals surface area contributed by atoms with Gasteiger partial charge in [0, 0.05) is 22.7 Å². The summed E-state index contributed by atoms with van der Waals surface area (Å²) in [4.78, 5) is 28.2. The largest absolute Gasteiger partial charge is 0.401 e. The predicted molar refractivity (Wildman–Crippen MR) is 108 cm³/mol. The van der Waals surface area contributed by atoms with E-state index < -0.39 is 5.97 Å². The second-order valence-corrected chi connectivity index (χ2v) is 7.31. The summed E-state index contributed by atoms with van der Waals surface area (Å²) >= 11 is 7.87. The Bertz CT molecular complexity index is 1130. The molecule has 1 aromatic heterocycles. The number of cyclic esters (lactones) is 1. The third-order valence-corrected chi connectivity index (χ3v) is 5.55. The number of benzene rings is 2. The van der Waals surface area contributed by atoms with Gasteiger partial charge in [-0.1, -0.05) is 41.9 Å². The Morgan fingerprint density at radius 1 is 1.19 bits per heavy atom. The Morgan fingerprint density at radius 3 is 2.63 bits per heavy atom. The zero-order chi connectivity index (χ0) is 19.0. The molecule has 134 valence electrons. The molecule has 0 saturated heterocycles. The maximum atomic E-state index is 12.2. The zero-order valence-electron chi connectivity index (χ0n) is 14.2. The standard InChI is InChI=1S/C20H13ClN2O3S/c1-11(24)22-13-8-6-12(7-9-13)10-15-20(25)26-19(23-15)18-17(21)14-4-2-3-5-16(14)27-18/h2-10H,1H3,(H,22,24)/b15-10-. The maximum Gasteiger partial charge on any atom is 0.363 e. The van der Waals surface area contributed by atoms with Crippen molar-refractivity contribution in [3.8, 4) is 0 Å². The van der Waals surface area contributed by atoms with Crippen LogP contribution in [0.15, 0.2) is 59.2 Å². The lowest BCUT2D eigenvalue weighted by Crippen LogP contribution is -2.05. The number of nitrogens with zero attached hydrogens (tertiary/aromatic N) is 1. The normalized spacial score (nSPS) is 15.1. The number of fused-ring (bicyclic) bond motifs is 1. The molecular weight excluding hydrogens is 384 g/mol. The van der Waals surface area contributed by atoms with E-state index in [1.54, 1.807) is 30.3 Å². The SMILES string of the molecule is CC(=O)Nc1ccc(/C=C2\N=C(c3sc4ccccc4c3Cl)OC2=O)cc1. The number of hydrogen-bond acceptors (Lipinski definition) is 5. The van der Waals surface area contributed by atoms with Gasteiger partial charge in [0.25, 0.3) is 0 Å². The highest BCUT2D eigenvalue weighted by molar-refractivity contribution is 7.21. The fraction of sp³-hybridized carbons (Fsp3) is 0.0500. The molecule has 3 aromatic rings. The summed E-state index contributed by atoms with van der Waals surface area (Å²) in [5.41, 5.74) is 1.65. The van der Waals surface area contributed by atoms with E-state index in [1.807, 2.05) is 24.3 Å². The van der Waals surface area contributed by atoms with E-state index in [4.69, 9.17) is 16.3 Å². The molecule has 7 heteroatoms. The van der Waals surface area contributed by atoms with Crippen molar-refractivity contribution in [2.24, 2.45) is 4.99 Å². The van der Waals surface area contributed by atoms with E-state index in [1.165, 1.54) is 18.3 Å². The molecule has 1 N–H and O–H groups in total. The van der Waals surface area contributed by atoms with Crippen molar-refractivity contribution in [2.75, 3.05) is 5.32 Å². The zero-order valence-corrected chi connectivity index (χ0v) is 15.7. The smallest absolute Gasteiger partial charge is 0.363 e. The number of ether oxygens (including phenoxy) is 1. The minimum absolute atomic E-state index is 0.144. The molecule has 0 bridgehead atoms. The summed E-state index contributed by atoms with van der Waals surface area (Å²) < 4.78 is 6.33. The molecule has 1 amide bonds. The van der Waals surface area contributed by atoms with Crippen LogP contribution in [-0.2, 0) is 14.3 Å². The first-order valence-corrected chi connectivity index (χ1v) is 9.28. The lowest BCUT2D eigenvalue weighted by Gasteiger charge is -2.01. The van der Waals surface area contributed by atoms with Gasteiger partial charge in [-0.3, -0.25) is 4.79 Å². The van der Waals surface area contributed by atoms with Crippen molar-refractivity contribution in [3.63, 3.8) is 0 Å². The monoisotopic (exact) mass is 396 g/mol. The first-order chi connectivity index (χ1) is 13.0. The van der Waals surface area contributed by atoms with Gasteiger partial charge in [-0.2, -0.15) is 0 Å². The molecule has 4 rings (SSSR count). The number of esters is 1. The fourth-order valence-corrected chi connectivity index (χ4v) is 4.12. The molecular formula is C20H13ClN2O3S. The first-order valence-electron chi connectivity index (χ1n) is 8.09. The Morgan fingerprint density at radius 2 is 1.93 bits per heavy atom. The summed E-state index contributed by atoms with van der Waals surface area (Å²) in [5, 5.41) is 4.13. The minimum Gasteiger partial charge on any atom is -0.401 e. The molecule has 2 aromatic carbocycles. The predicted octanol–water partition coefficient (Wildman–Crippen LogP) is 4.86. The Hall–Kier alpha value is -2.96. The second kappa shape index (κ2) is 6.98. The molecule has 0 unspecified atom stereocenters. The van der Waals surface area contributed by atoms with Gasteiger partial charge in [0.1, 0.15) is 4.88 Å². The highest BCUT2D eigenvalue weighted by Crippen LogP contribution is 2.37. The minimum atomic E-state index is -0.524. The van der Waals surface area contributed by atoms with Crippen LogP contribution in [0.25, 0.3) is 16.2 Å². The van der Waals surface area contributed by atoms with Crippen LogP contribution in [0.2, 0.25) is 5.02 Å². The van der Waals surface area contributed by atoms with Crippen molar-refractivity contribution in [1.82, 2.24) is 0 Å². The van der Waals surface area contributed by atoms with Gasteiger partial charge < -0.3 is 10.1 Å². The van der Waals surface area contributed by atoms with Crippen LogP contribution < -0.4 is 5.32 Å². The number of rotatable bonds is 3. The number of halogens is 1. The molecule has 0 atom stereocenters. The number of carbonyl (C=O) groups excluding carboxylic acids is 2. The number of hydrogen-bond donors (Lipinski definition) is 1. The van der Waals surface area contributed by atoms with Crippen LogP contribution in [0, 0.1) is 0 Å². The molecule has 0 aliphatic carbocycles. The summed E-state index contributed by atoms with van der Waals surface area (Å²) in [5.74, 6) is -0.452. The van der Waals surface area contributed by atoms with Gasteiger partial charge in [-0.25, -0.2) is 9.79 Å². The van der Waals surface area contributed by atoms with Crippen molar-refractivity contribution in [1.29, 1.82) is 0 Å². The Labute approximate surface area is 163 Å². The lowest BCUT2D eigenvalue weighted by atomic mass is 10.2. The van der Waals surface area contributed by atoms with Crippen LogP contribution in [0.1, 0.15) is 17.4 Å². The highest BCUT2D eigenvalue weighted by atomic mass is 35.5. The number of aliphatic imine (C=N–C) groups is 1. The topological polar surface area (TPSA) is 67.8 Å². The van der Waals surface area contributed by atoms with Crippen LogP contribution in [0.5, 0.6) is 0 Å². The second-order valence-electron chi connectivity index (χ2n) is 5.88. The van der Waals surface area contributed by atoms with Gasteiger partial charge in [-0.15, -0.1) is 11.3 Å².